The van der Waals surface area contributed by atoms with Crippen molar-refractivity contribution in [1.29, 1.82) is 0 Å². The zero-order chi connectivity index (χ0) is 20.9. The van der Waals surface area contributed by atoms with Crippen molar-refractivity contribution >= 4 is 27.5 Å². The van der Waals surface area contributed by atoms with E-state index in [2.05, 4.69) is 5.32 Å². The van der Waals surface area contributed by atoms with E-state index in [0.717, 1.165) is 9.87 Å². The molecular weight excluding hydrogens is 404 g/mol. The Labute approximate surface area is 170 Å². The van der Waals surface area contributed by atoms with E-state index in [-0.39, 0.29) is 23.2 Å². The minimum absolute atomic E-state index is 0.0737. The Bertz CT molecular complexity index is 932. The fourth-order valence-corrected chi connectivity index (χ4v) is 3.98. The third-order valence-corrected chi connectivity index (χ3v) is 6.25. The Morgan fingerprint density at radius 1 is 1.14 bits per heavy atom. The summed E-state index contributed by atoms with van der Waals surface area (Å²) in [6, 6.07) is 11.2. The predicted molar refractivity (Wildman–Crippen MR) is 107 cm³/mol. The summed E-state index contributed by atoms with van der Waals surface area (Å²) >= 11 is 5.87. The van der Waals surface area contributed by atoms with Crippen molar-refractivity contribution < 1.29 is 22.7 Å². The smallest absolute Gasteiger partial charge is 0.247 e. The van der Waals surface area contributed by atoms with Crippen LogP contribution in [0.3, 0.4) is 0 Å². The van der Waals surface area contributed by atoms with Gasteiger partial charge >= 0.3 is 0 Å². The minimum atomic E-state index is -3.97. The van der Waals surface area contributed by atoms with Crippen molar-refractivity contribution in [3.63, 3.8) is 0 Å². The van der Waals surface area contributed by atoms with E-state index < -0.39 is 15.9 Å². The van der Waals surface area contributed by atoms with Crippen molar-refractivity contribution in [2.24, 2.45) is 0 Å². The molecule has 0 saturated carbocycles. The molecule has 1 N–H and O–H groups in total. The van der Waals surface area contributed by atoms with Gasteiger partial charge in [0.25, 0.3) is 0 Å². The van der Waals surface area contributed by atoms with Gasteiger partial charge in [-0.2, -0.15) is 4.31 Å². The first-order valence-corrected chi connectivity index (χ1v) is 10.2. The highest BCUT2D eigenvalue weighted by Crippen LogP contribution is 2.30. The number of sulfonamides is 1. The van der Waals surface area contributed by atoms with Gasteiger partial charge in [0.1, 0.15) is 16.4 Å². The van der Waals surface area contributed by atoms with Crippen molar-refractivity contribution in [2.45, 2.75) is 17.9 Å². The molecular formula is C19H23ClN2O5S. The van der Waals surface area contributed by atoms with Crippen LogP contribution in [0, 0.1) is 0 Å². The number of likely N-dealkylation sites (N-methyl/N-ethyl adjacent to an activating group) is 1. The van der Waals surface area contributed by atoms with Crippen LogP contribution < -0.4 is 14.8 Å². The molecule has 2 aromatic carbocycles. The maximum atomic E-state index is 12.9. The SMILES string of the molecule is COc1ccc(OC)c(S(=O)(=O)N(C)CC(=O)N[C@H](C)c2ccc(Cl)cc2)c1. The van der Waals surface area contributed by atoms with E-state index in [1.807, 2.05) is 0 Å². The minimum Gasteiger partial charge on any atom is -0.497 e. The van der Waals surface area contributed by atoms with Crippen molar-refractivity contribution in [3.8, 4) is 11.5 Å². The summed E-state index contributed by atoms with van der Waals surface area (Å²) in [5.74, 6) is 0.103. The van der Waals surface area contributed by atoms with Gasteiger partial charge < -0.3 is 14.8 Å². The summed E-state index contributed by atoms with van der Waals surface area (Å²) in [5.41, 5.74) is 0.859. The molecule has 1 atom stereocenters. The summed E-state index contributed by atoms with van der Waals surface area (Å²) in [6.45, 7) is 1.46. The highest BCUT2D eigenvalue weighted by Gasteiger charge is 2.27. The van der Waals surface area contributed by atoms with Crippen molar-refractivity contribution in [1.82, 2.24) is 9.62 Å². The van der Waals surface area contributed by atoms with Gasteiger partial charge in [0.15, 0.2) is 0 Å². The maximum absolute atomic E-state index is 12.9. The van der Waals surface area contributed by atoms with Crippen LogP contribution in [-0.4, -0.2) is 46.4 Å². The van der Waals surface area contributed by atoms with E-state index in [1.54, 1.807) is 37.3 Å². The molecule has 2 aromatic rings. The van der Waals surface area contributed by atoms with Gasteiger partial charge in [-0.1, -0.05) is 23.7 Å². The predicted octanol–water partition coefficient (Wildman–Crippen LogP) is 2.86. The number of carbonyl (C=O) groups is 1. The number of hydrogen-bond acceptors (Lipinski definition) is 5. The molecule has 0 unspecified atom stereocenters. The van der Waals surface area contributed by atoms with Gasteiger partial charge in [-0.15, -0.1) is 0 Å². The van der Waals surface area contributed by atoms with Crippen LogP contribution in [-0.2, 0) is 14.8 Å². The summed E-state index contributed by atoms with van der Waals surface area (Å²) in [5, 5.41) is 3.37. The average Bonchev–Trinajstić information content (AvgIpc) is 2.67. The first-order chi connectivity index (χ1) is 13.2. The highest BCUT2D eigenvalue weighted by atomic mass is 35.5. The van der Waals surface area contributed by atoms with E-state index in [4.69, 9.17) is 21.1 Å². The summed E-state index contributed by atoms with van der Waals surface area (Å²) < 4.78 is 37.0. The van der Waals surface area contributed by atoms with Crippen LogP contribution in [0.2, 0.25) is 5.02 Å². The number of benzene rings is 2. The molecule has 0 saturated heterocycles. The van der Waals surface area contributed by atoms with Gasteiger partial charge in [-0.05, 0) is 36.8 Å². The largest absolute Gasteiger partial charge is 0.497 e. The van der Waals surface area contributed by atoms with Crippen LogP contribution in [0.4, 0.5) is 0 Å². The molecule has 0 aliphatic heterocycles. The Hall–Kier alpha value is -2.29. The Kier molecular flexibility index (Phi) is 7.29. The van der Waals surface area contributed by atoms with Gasteiger partial charge in [-0.25, -0.2) is 8.42 Å². The average molecular weight is 427 g/mol. The number of halogens is 1. The quantitative estimate of drug-likeness (QED) is 0.701. The molecule has 0 spiro atoms. The number of ether oxygens (including phenoxy) is 2. The lowest BCUT2D eigenvalue weighted by Crippen LogP contribution is -2.39. The Morgan fingerprint density at radius 2 is 1.79 bits per heavy atom. The van der Waals surface area contributed by atoms with Gasteiger partial charge in [0.05, 0.1) is 26.8 Å². The number of nitrogens with one attached hydrogen (secondary N) is 1. The second kappa shape index (κ2) is 9.27. The molecule has 9 heteroatoms. The van der Waals surface area contributed by atoms with Gasteiger partial charge in [0.2, 0.25) is 15.9 Å². The molecule has 0 fully saturated rings. The fraction of sp³-hybridized carbons (Fsp3) is 0.316. The van der Waals surface area contributed by atoms with Crippen LogP contribution in [0.25, 0.3) is 0 Å². The van der Waals surface area contributed by atoms with Crippen LogP contribution in [0.5, 0.6) is 11.5 Å². The first-order valence-electron chi connectivity index (χ1n) is 8.42. The molecule has 0 heterocycles. The maximum Gasteiger partial charge on any atom is 0.247 e. The molecule has 0 aliphatic rings. The molecule has 0 radical (unpaired) electrons. The van der Waals surface area contributed by atoms with Gasteiger partial charge in [0, 0.05) is 18.1 Å². The highest BCUT2D eigenvalue weighted by molar-refractivity contribution is 7.89. The number of rotatable bonds is 8. The second-order valence-corrected chi connectivity index (χ2v) is 8.57. The van der Waals surface area contributed by atoms with Gasteiger partial charge in [-0.3, -0.25) is 4.79 Å². The molecule has 28 heavy (non-hydrogen) atoms. The number of nitrogens with zero attached hydrogens (tertiary/aromatic N) is 1. The zero-order valence-corrected chi connectivity index (χ0v) is 17.7. The van der Waals surface area contributed by atoms with Crippen molar-refractivity contribution in [2.75, 3.05) is 27.8 Å². The topological polar surface area (TPSA) is 84.9 Å². The van der Waals surface area contributed by atoms with E-state index >= 15 is 0 Å². The van der Waals surface area contributed by atoms with E-state index in [0.29, 0.717) is 10.8 Å². The fourth-order valence-electron chi connectivity index (χ4n) is 2.56. The van der Waals surface area contributed by atoms with Crippen LogP contribution >= 0.6 is 11.6 Å². The first kappa shape index (κ1) is 22.0. The molecule has 1 amide bonds. The standard InChI is InChI=1S/C19H23ClN2O5S/c1-13(14-5-7-15(20)8-6-14)21-19(23)12-22(2)28(24,25)18-11-16(26-3)9-10-17(18)27-4/h5-11,13H,12H2,1-4H3,(H,21,23)/t13-/m1/s1. The lowest BCUT2D eigenvalue weighted by atomic mass is 10.1. The van der Waals surface area contributed by atoms with E-state index in [9.17, 15) is 13.2 Å². The van der Waals surface area contributed by atoms with Crippen LogP contribution in [0.15, 0.2) is 47.4 Å². The summed E-state index contributed by atoms with van der Waals surface area (Å²) in [4.78, 5) is 12.3. The normalized spacial score (nSPS) is 12.5. The molecule has 0 bridgehead atoms. The summed E-state index contributed by atoms with van der Waals surface area (Å²) in [6.07, 6.45) is 0. The number of amides is 1. The number of carbonyl (C=O) groups excluding carboxylic acids is 1. The third kappa shape index (κ3) is 5.15. The lowest BCUT2D eigenvalue weighted by Gasteiger charge is -2.20. The Morgan fingerprint density at radius 3 is 2.36 bits per heavy atom. The Balaban J connectivity index is 2.13. The lowest BCUT2D eigenvalue weighted by molar-refractivity contribution is -0.121. The molecule has 0 aromatic heterocycles. The number of hydrogen-bond donors (Lipinski definition) is 1. The van der Waals surface area contributed by atoms with E-state index in [1.165, 1.54) is 33.4 Å². The molecule has 2 rings (SSSR count). The molecule has 7 nitrogen and oxygen atoms in total. The zero-order valence-electron chi connectivity index (χ0n) is 16.1. The number of methoxy groups -OCH3 is 2. The molecule has 152 valence electrons. The molecule has 0 aliphatic carbocycles. The monoisotopic (exact) mass is 426 g/mol. The third-order valence-electron chi connectivity index (χ3n) is 4.17. The second-order valence-electron chi connectivity index (χ2n) is 6.12. The van der Waals surface area contributed by atoms with Crippen LogP contribution in [0.1, 0.15) is 18.5 Å². The summed E-state index contributed by atoms with van der Waals surface area (Å²) in [7, 11) is 0.183. The van der Waals surface area contributed by atoms with Crippen molar-refractivity contribution in [3.05, 3.63) is 53.1 Å².